The maximum absolute atomic E-state index is 3.56. The van der Waals surface area contributed by atoms with Crippen LogP contribution in [0.2, 0.25) is 0 Å². The lowest BCUT2D eigenvalue weighted by Gasteiger charge is -2.35. The van der Waals surface area contributed by atoms with Gasteiger partial charge in [0.25, 0.3) is 0 Å². The van der Waals surface area contributed by atoms with E-state index in [-0.39, 0.29) is 0 Å². The Labute approximate surface area is 109 Å². The van der Waals surface area contributed by atoms with Crippen LogP contribution in [0.25, 0.3) is 0 Å². The number of nitrogens with one attached hydrogen (secondary N) is 1. The molecule has 0 aliphatic carbocycles. The van der Waals surface area contributed by atoms with Crippen LogP contribution in [0.3, 0.4) is 0 Å². The number of hydrogen-bond donors (Lipinski definition) is 1. The number of rotatable bonds is 1. The molecule has 0 aromatic heterocycles. The summed E-state index contributed by atoms with van der Waals surface area (Å²) in [6.45, 7) is 12.5. The quantitative estimate of drug-likeness (QED) is 0.771. The van der Waals surface area contributed by atoms with Crippen molar-refractivity contribution in [3.63, 3.8) is 0 Å². The summed E-state index contributed by atoms with van der Waals surface area (Å²) in [6, 6.07) is 6.83. The number of thioether (sulfide) groups is 1. The van der Waals surface area contributed by atoms with Crippen LogP contribution in [0.15, 0.2) is 23.1 Å². The van der Waals surface area contributed by atoms with Crippen LogP contribution in [0, 0.1) is 5.41 Å². The Morgan fingerprint density at radius 1 is 1.29 bits per heavy atom. The Hall–Kier alpha value is -0.630. The van der Waals surface area contributed by atoms with Gasteiger partial charge in [-0.2, -0.15) is 0 Å². The molecule has 0 spiro atoms. The number of fused-ring (bicyclic) bond motifs is 1. The molecule has 1 atom stereocenters. The minimum absolute atomic E-state index is 0.350. The van der Waals surface area contributed by atoms with Crippen LogP contribution >= 0.6 is 11.8 Å². The second kappa shape index (κ2) is 4.56. The van der Waals surface area contributed by atoms with Gasteiger partial charge in [0.1, 0.15) is 0 Å². The second-order valence-electron chi connectivity index (χ2n) is 6.26. The molecule has 1 heterocycles. The van der Waals surface area contributed by atoms with Gasteiger partial charge in [0.2, 0.25) is 0 Å². The predicted octanol–water partition coefficient (Wildman–Crippen LogP) is 4.74. The van der Waals surface area contributed by atoms with Gasteiger partial charge in [0, 0.05) is 22.4 Å². The van der Waals surface area contributed by atoms with Crippen molar-refractivity contribution in [3.8, 4) is 0 Å². The Kier molecular flexibility index (Phi) is 3.44. The summed E-state index contributed by atoms with van der Waals surface area (Å²) < 4.78 is 0. The van der Waals surface area contributed by atoms with E-state index in [0.29, 0.717) is 16.6 Å². The van der Waals surface area contributed by atoms with E-state index >= 15 is 0 Å². The summed E-state index contributed by atoms with van der Waals surface area (Å²) in [4.78, 5) is 1.42. The van der Waals surface area contributed by atoms with E-state index in [2.05, 4.69) is 58.1 Å². The first-order valence-electron chi connectivity index (χ1n) is 6.42. The molecule has 1 nitrogen and oxygen atoms in total. The summed E-state index contributed by atoms with van der Waals surface area (Å²) >= 11 is 2.03. The van der Waals surface area contributed by atoms with Gasteiger partial charge in [-0.05, 0) is 29.0 Å². The van der Waals surface area contributed by atoms with Gasteiger partial charge < -0.3 is 5.32 Å². The molecule has 0 saturated heterocycles. The standard InChI is InChI=1S/C15H23NS/c1-10(2)11-6-7-12-13(8-11)17-14(9-16-12)15(3,4)5/h6-8,10,14,16H,9H2,1-5H3. The summed E-state index contributed by atoms with van der Waals surface area (Å²) in [5.41, 5.74) is 3.09. The number of anilines is 1. The molecule has 17 heavy (non-hydrogen) atoms. The summed E-state index contributed by atoms with van der Waals surface area (Å²) in [5.74, 6) is 0.607. The molecular weight excluding hydrogens is 226 g/mol. The largest absolute Gasteiger partial charge is 0.383 e. The van der Waals surface area contributed by atoms with Crippen molar-refractivity contribution in [1.29, 1.82) is 0 Å². The van der Waals surface area contributed by atoms with E-state index in [9.17, 15) is 0 Å². The van der Waals surface area contributed by atoms with Crippen molar-refractivity contribution in [2.45, 2.75) is 50.7 Å². The third kappa shape index (κ3) is 2.79. The average Bonchev–Trinajstić information content (AvgIpc) is 2.26. The van der Waals surface area contributed by atoms with Crippen LogP contribution < -0.4 is 5.32 Å². The van der Waals surface area contributed by atoms with E-state index in [1.807, 2.05) is 11.8 Å². The van der Waals surface area contributed by atoms with Gasteiger partial charge >= 0.3 is 0 Å². The normalized spacial score (nSPS) is 20.0. The zero-order valence-electron chi connectivity index (χ0n) is 11.5. The van der Waals surface area contributed by atoms with Crippen LogP contribution in [0.5, 0.6) is 0 Å². The SMILES string of the molecule is CC(C)c1ccc2c(c1)SC(C(C)(C)C)CN2. The topological polar surface area (TPSA) is 12.0 Å². The first-order chi connectivity index (χ1) is 7.88. The zero-order valence-corrected chi connectivity index (χ0v) is 12.3. The minimum Gasteiger partial charge on any atom is -0.383 e. The molecule has 1 aromatic rings. The summed E-state index contributed by atoms with van der Waals surface area (Å²) in [7, 11) is 0. The molecule has 0 radical (unpaired) electrons. The molecule has 2 heteroatoms. The molecule has 1 N–H and O–H groups in total. The molecule has 0 amide bonds. The fourth-order valence-electron chi connectivity index (χ4n) is 2.02. The predicted molar refractivity (Wildman–Crippen MR) is 78.1 cm³/mol. The third-order valence-electron chi connectivity index (χ3n) is 3.39. The molecule has 94 valence electrons. The van der Waals surface area contributed by atoms with Gasteiger partial charge in [-0.25, -0.2) is 0 Å². The molecule has 1 aromatic carbocycles. The van der Waals surface area contributed by atoms with Gasteiger partial charge in [0.05, 0.1) is 0 Å². The molecule has 1 aliphatic rings. The van der Waals surface area contributed by atoms with Gasteiger partial charge in [-0.3, -0.25) is 0 Å². The van der Waals surface area contributed by atoms with Crippen molar-refractivity contribution >= 4 is 17.4 Å². The fourth-order valence-corrected chi connectivity index (χ4v) is 3.32. The van der Waals surface area contributed by atoms with Gasteiger partial charge in [-0.1, -0.05) is 40.7 Å². The van der Waals surface area contributed by atoms with Crippen molar-refractivity contribution in [2.75, 3.05) is 11.9 Å². The first-order valence-corrected chi connectivity index (χ1v) is 7.30. The van der Waals surface area contributed by atoms with Crippen LogP contribution in [-0.4, -0.2) is 11.8 Å². The third-order valence-corrected chi connectivity index (χ3v) is 5.14. The zero-order chi connectivity index (χ0) is 12.6. The number of hydrogen-bond acceptors (Lipinski definition) is 2. The maximum atomic E-state index is 3.56. The Morgan fingerprint density at radius 2 is 2.00 bits per heavy atom. The van der Waals surface area contributed by atoms with Gasteiger partial charge in [0.15, 0.2) is 0 Å². The molecule has 1 aliphatic heterocycles. The van der Waals surface area contributed by atoms with Crippen LogP contribution in [-0.2, 0) is 0 Å². The van der Waals surface area contributed by atoms with Crippen LogP contribution in [0.1, 0.15) is 46.1 Å². The highest BCUT2D eigenvalue weighted by molar-refractivity contribution is 8.00. The Balaban J connectivity index is 2.27. The summed E-state index contributed by atoms with van der Waals surface area (Å²) in [6.07, 6.45) is 0. The molecule has 1 unspecified atom stereocenters. The van der Waals surface area contributed by atoms with Crippen molar-refractivity contribution in [1.82, 2.24) is 0 Å². The lowest BCUT2D eigenvalue weighted by Crippen LogP contribution is -2.32. The molecule has 0 saturated carbocycles. The van der Waals surface area contributed by atoms with Crippen molar-refractivity contribution in [3.05, 3.63) is 23.8 Å². The van der Waals surface area contributed by atoms with Crippen molar-refractivity contribution in [2.24, 2.45) is 5.41 Å². The van der Waals surface area contributed by atoms with E-state index < -0.39 is 0 Å². The second-order valence-corrected chi connectivity index (χ2v) is 7.51. The monoisotopic (exact) mass is 249 g/mol. The fraction of sp³-hybridized carbons (Fsp3) is 0.600. The minimum atomic E-state index is 0.350. The molecular formula is C15H23NS. The molecule has 0 fully saturated rings. The smallest absolute Gasteiger partial charge is 0.0479 e. The highest BCUT2D eigenvalue weighted by atomic mass is 32.2. The van der Waals surface area contributed by atoms with Crippen LogP contribution in [0.4, 0.5) is 5.69 Å². The Bertz CT molecular complexity index is 404. The van der Waals surface area contributed by atoms with Gasteiger partial charge in [-0.15, -0.1) is 11.8 Å². The molecule has 2 rings (SSSR count). The van der Waals surface area contributed by atoms with E-state index in [4.69, 9.17) is 0 Å². The lowest BCUT2D eigenvalue weighted by atomic mass is 9.91. The van der Waals surface area contributed by atoms with E-state index in [1.54, 1.807) is 0 Å². The maximum Gasteiger partial charge on any atom is 0.0479 e. The Morgan fingerprint density at radius 3 is 2.59 bits per heavy atom. The van der Waals surface area contributed by atoms with Crippen molar-refractivity contribution < 1.29 is 0 Å². The average molecular weight is 249 g/mol. The summed E-state index contributed by atoms with van der Waals surface area (Å²) in [5, 5.41) is 4.21. The highest BCUT2D eigenvalue weighted by Crippen LogP contribution is 2.42. The first kappa shape index (κ1) is 12.8. The van der Waals surface area contributed by atoms with E-state index in [1.165, 1.54) is 16.1 Å². The number of benzene rings is 1. The lowest BCUT2D eigenvalue weighted by molar-refractivity contribution is 0.401. The molecule has 0 bridgehead atoms. The van der Waals surface area contributed by atoms with E-state index in [0.717, 1.165) is 6.54 Å². The highest BCUT2D eigenvalue weighted by Gasteiger charge is 2.29.